The molecule has 4 nitrogen and oxygen atoms in total. The molecule has 6 heteroatoms. The summed E-state index contributed by atoms with van der Waals surface area (Å²) in [7, 11) is -0.633. The predicted molar refractivity (Wildman–Crippen MR) is 71.1 cm³/mol. The third-order valence-corrected chi connectivity index (χ3v) is 4.92. The SMILES string of the molecule is O=S1CCC(n2c(=S)[nH]c3cnccc32)CC1. The van der Waals surface area contributed by atoms with Crippen molar-refractivity contribution >= 4 is 34.1 Å². The normalized spacial score (nSPS) is 25.2. The molecule has 2 aromatic rings. The Morgan fingerprint density at radius 3 is 3.00 bits per heavy atom. The Morgan fingerprint density at radius 1 is 1.47 bits per heavy atom. The van der Waals surface area contributed by atoms with E-state index < -0.39 is 10.8 Å². The lowest BCUT2D eigenvalue weighted by Gasteiger charge is -2.23. The first kappa shape index (κ1) is 11.1. The monoisotopic (exact) mass is 267 g/mol. The van der Waals surface area contributed by atoms with Gasteiger partial charge in [0, 0.05) is 34.5 Å². The fourth-order valence-corrected chi connectivity index (χ4v) is 4.01. The molecule has 3 rings (SSSR count). The fraction of sp³-hybridized carbons (Fsp3) is 0.455. The molecule has 0 saturated carbocycles. The van der Waals surface area contributed by atoms with Crippen molar-refractivity contribution in [3.63, 3.8) is 0 Å². The molecule has 1 aliphatic rings. The number of hydrogen-bond acceptors (Lipinski definition) is 3. The van der Waals surface area contributed by atoms with Crippen molar-refractivity contribution in [1.82, 2.24) is 14.5 Å². The van der Waals surface area contributed by atoms with Gasteiger partial charge in [0.25, 0.3) is 0 Å². The molecule has 3 heterocycles. The van der Waals surface area contributed by atoms with Gasteiger partial charge in [0.05, 0.1) is 17.2 Å². The van der Waals surface area contributed by atoms with Crippen molar-refractivity contribution in [2.24, 2.45) is 0 Å². The van der Waals surface area contributed by atoms with Crippen LogP contribution in [0, 0.1) is 4.77 Å². The van der Waals surface area contributed by atoms with Gasteiger partial charge < -0.3 is 9.55 Å². The van der Waals surface area contributed by atoms with Crippen molar-refractivity contribution in [2.45, 2.75) is 18.9 Å². The lowest BCUT2D eigenvalue weighted by atomic mass is 10.1. The Kier molecular flexibility index (Phi) is 2.84. The first-order chi connectivity index (χ1) is 8.25. The maximum Gasteiger partial charge on any atom is 0.178 e. The average molecular weight is 267 g/mol. The van der Waals surface area contributed by atoms with Gasteiger partial charge in [0.15, 0.2) is 4.77 Å². The van der Waals surface area contributed by atoms with Crippen molar-refractivity contribution in [2.75, 3.05) is 11.5 Å². The van der Waals surface area contributed by atoms with Crippen molar-refractivity contribution in [1.29, 1.82) is 0 Å². The summed E-state index contributed by atoms with van der Waals surface area (Å²) in [4.78, 5) is 7.26. The molecule has 2 aromatic heterocycles. The zero-order valence-corrected chi connectivity index (χ0v) is 10.9. The van der Waals surface area contributed by atoms with Gasteiger partial charge in [0.2, 0.25) is 0 Å². The predicted octanol–water partition coefficient (Wildman–Crippen LogP) is 2.18. The number of fused-ring (bicyclic) bond motifs is 1. The van der Waals surface area contributed by atoms with E-state index in [2.05, 4.69) is 14.5 Å². The van der Waals surface area contributed by atoms with Crippen LogP contribution in [0.25, 0.3) is 11.0 Å². The fourth-order valence-electron chi connectivity index (χ4n) is 2.38. The molecule has 1 fully saturated rings. The Balaban J connectivity index is 2.08. The molecule has 0 aromatic carbocycles. The van der Waals surface area contributed by atoms with Crippen molar-refractivity contribution in [3.8, 4) is 0 Å². The first-order valence-corrected chi connectivity index (χ1v) is 7.54. The Labute approximate surface area is 107 Å². The topological polar surface area (TPSA) is 50.7 Å². The second-order valence-electron chi connectivity index (χ2n) is 4.27. The summed E-state index contributed by atoms with van der Waals surface area (Å²) in [5.41, 5.74) is 2.08. The molecule has 0 spiro atoms. The van der Waals surface area contributed by atoms with Gasteiger partial charge in [-0.1, -0.05) is 0 Å². The summed E-state index contributed by atoms with van der Waals surface area (Å²) >= 11 is 5.37. The molecule has 0 amide bonds. The van der Waals surface area contributed by atoms with E-state index in [1.54, 1.807) is 12.4 Å². The summed E-state index contributed by atoms with van der Waals surface area (Å²) < 4.78 is 14.3. The number of hydrogen-bond donors (Lipinski definition) is 1. The van der Waals surface area contributed by atoms with E-state index in [0.29, 0.717) is 6.04 Å². The molecule has 17 heavy (non-hydrogen) atoms. The maximum absolute atomic E-state index is 11.4. The molecule has 0 unspecified atom stereocenters. The van der Waals surface area contributed by atoms with Gasteiger partial charge in [-0.25, -0.2) is 0 Å². The third kappa shape index (κ3) is 1.95. The number of rotatable bonds is 1. The lowest BCUT2D eigenvalue weighted by molar-refractivity contribution is 0.468. The van der Waals surface area contributed by atoms with E-state index in [1.807, 2.05) is 6.07 Å². The van der Waals surface area contributed by atoms with Gasteiger partial charge in [0.1, 0.15) is 0 Å². The van der Waals surface area contributed by atoms with Gasteiger partial charge in [-0.05, 0) is 31.1 Å². The molecule has 0 aliphatic carbocycles. The summed E-state index contributed by atoms with van der Waals surface area (Å²) in [6.45, 7) is 0. The average Bonchev–Trinajstić information content (AvgIpc) is 2.66. The summed E-state index contributed by atoms with van der Waals surface area (Å²) in [5, 5.41) is 0. The quantitative estimate of drug-likeness (QED) is 0.806. The summed E-state index contributed by atoms with van der Waals surface area (Å²) in [6.07, 6.45) is 5.46. The lowest BCUT2D eigenvalue weighted by Crippen LogP contribution is -2.21. The van der Waals surface area contributed by atoms with Crippen LogP contribution in [0.4, 0.5) is 0 Å². The van der Waals surface area contributed by atoms with E-state index in [-0.39, 0.29) is 0 Å². The molecular formula is C11H13N3OS2. The number of aromatic nitrogens is 3. The van der Waals surface area contributed by atoms with E-state index in [9.17, 15) is 4.21 Å². The minimum atomic E-state index is -0.633. The van der Waals surface area contributed by atoms with Gasteiger partial charge in [-0.2, -0.15) is 0 Å². The van der Waals surface area contributed by atoms with E-state index in [1.165, 1.54) is 0 Å². The van der Waals surface area contributed by atoms with Gasteiger partial charge in [-0.15, -0.1) is 0 Å². The van der Waals surface area contributed by atoms with Crippen LogP contribution in [0.3, 0.4) is 0 Å². The number of pyridine rings is 1. The van der Waals surface area contributed by atoms with E-state index in [0.717, 1.165) is 40.2 Å². The van der Waals surface area contributed by atoms with Crippen molar-refractivity contribution in [3.05, 3.63) is 23.2 Å². The van der Waals surface area contributed by atoms with Crippen LogP contribution < -0.4 is 0 Å². The van der Waals surface area contributed by atoms with Gasteiger partial charge in [-0.3, -0.25) is 9.19 Å². The third-order valence-electron chi connectivity index (χ3n) is 3.24. The van der Waals surface area contributed by atoms with Crippen LogP contribution in [0.2, 0.25) is 0 Å². The Morgan fingerprint density at radius 2 is 2.24 bits per heavy atom. The molecule has 1 N–H and O–H groups in total. The highest BCUT2D eigenvalue weighted by atomic mass is 32.2. The molecular weight excluding hydrogens is 254 g/mol. The minimum absolute atomic E-state index is 0.372. The number of H-pyrrole nitrogens is 1. The highest BCUT2D eigenvalue weighted by molar-refractivity contribution is 7.85. The second-order valence-corrected chi connectivity index (χ2v) is 6.36. The standard InChI is InChI=1S/C11H13N3OS2/c15-17-5-2-8(3-6-17)14-10-1-4-12-7-9(10)13-11(14)16/h1,4,7-8H,2-3,5-6H2,(H,13,16). The first-order valence-electron chi connectivity index (χ1n) is 5.65. The van der Waals surface area contributed by atoms with Crippen LogP contribution in [-0.4, -0.2) is 30.2 Å². The Bertz CT molecular complexity index is 621. The highest BCUT2D eigenvalue weighted by Crippen LogP contribution is 2.26. The molecule has 0 bridgehead atoms. The van der Waals surface area contributed by atoms with Crippen LogP contribution in [0.5, 0.6) is 0 Å². The van der Waals surface area contributed by atoms with E-state index >= 15 is 0 Å². The van der Waals surface area contributed by atoms with Crippen LogP contribution >= 0.6 is 12.2 Å². The summed E-state index contributed by atoms with van der Waals surface area (Å²) in [5.74, 6) is 1.56. The largest absolute Gasteiger partial charge is 0.329 e. The van der Waals surface area contributed by atoms with Gasteiger partial charge >= 0.3 is 0 Å². The maximum atomic E-state index is 11.4. The van der Waals surface area contributed by atoms with Crippen LogP contribution in [0.15, 0.2) is 18.5 Å². The molecule has 1 saturated heterocycles. The molecule has 0 radical (unpaired) electrons. The van der Waals surface area contributed by atoms with E-state index in [4.69, 9.17) is 12.2 Å². The number of nitrogens with one attached hydrogen (secondary N) is 1. The zero-order valence-electron chi connectivity index (χ0n) is 9.26. The number of imidazole rings is 1. The molecule has 1 aliphatic heterocycles. The molecule has 90 valence electrons. The highest BCUT2D eigenvalue weighted by Gasteiger charge is 2.21. The van der Waals surface area contributed by atoms with Crippen LogP contribution in [0.1, 0.15) is 18.9 Å². The smallest absolute Gasteiger partial charge is 0.178 e. The van der Waals surface area contributed by atoms with Crippen molar-refractivity contribution < 1.29 is 4.21 Å². The molecule has 0 atom stereocenters. The Hall–Kier alpha value is -1.01. The second kappa shape index (κ2) is 4.34. The number of aromatic amines is 1. The summed E-state index contributed by atoms with van der Waals surface area (Å²) in [6, 6.07) is 2.35. The zero-order chi connectivity index (χ0) is 11.8. The van der Waals surface area contributed by atoms with Crippen LogP contribution in [-0.2, 0) is 10.8 Å². The number of nitrogens with zero attached hydrogens (tertiary/aromatic N) is 2. The minimum Gasteiger partial charge on any atom is -0.329 e.